The lowest BCUT2D eigenvalue weighted by atomic mass is 10.2. The third-order valence-electron chi connectivity index (χ3n) is 4.44. The third kappa shape index (κ3) is 4.11. The first-order chi connectivity index (χ1) is 14.5. The van der Waals surface area contributed by atoms with E-state index in [0.717, 1.165) is 16.8 Å². The number of carbonyl (C=O) groups excluding carboxylic acids is 1. The molecule has 0 fully saturated rings. The SMILES string of the molecule is Cc1cc(NC(=O)C(C)Sc2nnc(-c3cccnc3)n2-c2ccccc2C)no1. The van der Waals surface area contributed by atoms with E-state index in [2.05, 4.69) is 25.7 Å². The second-order valence-electron chi connectivity index (χ2n) is 6.74. The summed E-state index contributed by atoms with van der Waals surface area (Å²) in [6.45, 7) is 5.61. The van der Waals surface area contributed by atoms with Gasteiger partial charge in [-0.1, -0.05) is 35.1 Å². The van der Waals surface area contributed by atoms with Crippen molar-refractivity contribution in [2.45, 2.75) is 31.2 Å². The fourth-order valence-electron chi connectivity index (χ4n) is 2.92. The third-order valence-corrected chi connectivity index (χ3v) is 5.48. The van der Waals surface area contributed by atoms with Crippen LogP contribution in [0.5, 0.6) is 0 Å². The number of anilines is 1. The van der Waals surface area contributed by atoms with Crippen LogP contribution in [0.25, 0.3) is 17.1 Å². The van der Waals surface area contributed by atoms with E-state index in [1.807, 2.05) is 54.8 Å². The number of benzene rings is 1. The Morgan fingerprint density at radius 1 is 1.17 bits per heavy atom. The summed E-state index contributed by atoms with van der Waals surface area (Å²) < 4.78 is 6.96. The fourth-order valence-corrected chi connectivity index (χ4v) is 3.78. The topological polar surface area (TPSA) is 98.7 Å². The number of nitrogens with zero attached hydrogens (tertiary/aromatic N) is 5. The van der Waals surface area contributed by atoms with Gasteiger partial charge in [0.2, 0.25) is 5.91 Å². The van der Waals surface area contributed by atoms with Crippen LogP contribution in [-0.4, -0.2) is 36.1 Å². The molecule has 0 bridgehead atoms. The molecule has 0 saturated heterocycles. The number of pyridine rings is 1. The molecule has 152 valence electrons. The molecule has 0 aliphatic carbocycles. The van der Waals surface area contributed by atoms with Crippen LogP contribution >= 0.6 is 11.8 Å². The molecule has 0 aliphatic rings. The first-order valence-electron chi connectivity index (χ1n) is 9.35. The highest BCUT2D eigenvalue weighted by molar-refractivity contribution is 8.00. The van der Waals surface area contributed by atoms with E-state index in [1.165, 1.54) is 11.8 Å². The quantitative estimate of drug-likeness (QED) is 0.470. The lowest BCUT2D eigenvalue weighted by Crippen LogP contribution is -2.23. The Kier molecular flexibility index (Phi) is 5.62. The van der Waals surface area contributed by atoms with Gasteiger partial charge in [-0.2, -0.15) is 0 Å². The molecule has 4 rings (SSSR count). The molecule has 0 spiro atoms. The predicted octanol–water partition coefficient (Wildman–Crippen LogP) is 4.05. The van der Waals surface area contributed by atoms with Crippen molar-refractivity contribution < 1.29 is 9.32 Å². The molecule has 8 nitrogen and oxygen atoms in total. The van der Waals surface area contributed by atoms with Gasteiger partial charge in [-0.3, -0.25) is 14.3 Å². The van der Waals surface area contributed by atoms with Crippen LogP contribution < -0.4 is 5.32 Å². The maximum absolute atomic E-state index is 12.6. The van der Waals surface area contributed by atoms with Crippen LogP contribution in [0, 0.1) is 13.8 Å². The first kappa shape index (κ1) is 19.8. The first-order valence-corrected chi connectivity index (χ1v) is 10.2. The molecule has 1 unspecified atom stereocenters. The Hall–Kier alpha value is -3.46. The summed E-state index contributed by atoms with van der Waals surface area (Å²) in [6, 6.07) is 13.4. The lowest BCUT2D eigenvalue weighted by Gasteiger charge is -2.14. The molecular weight excluding hydrogens is 400 g/mol. The summed E-state index contributed by atoms with van der Waals surface area (Å²) in [5.41, 5.74) is 2.86. The number of nitrogens with one attached hydrogen (secondary N) is 1. The van der Waals surface area contributed by atoms with Gasteiger partial charge in [0.15, 0.2) is 16.8 Å². The molecule has 3 heterocycles. The van der Waals surface area contributed by atoms with Crippen LogP contribution in [-0.2, 0) is 4.79 Å². The Bertz CT molecular complexity index is 1170. The van der Waals surface area contributed by atoms with Crippen molar-refractivity contribution >= 4 is 23.5 Å². The number of hydrogen-bond donors (Lipinski definition) is 1. The monoisotopic (exact) mass is 420 g/mol. The Labute approximate surface area is 177 Å². The lowest BCUT2D eigenvalue weighted by molar-refractivity contribution is -0.115. The van der Waals surface area contributed by atoms with Gasteiger partial charge in [0.25, 0.3) is 0 Å². The average molecular weight is 420 g/mol. The van der Waals surface area contributed by atoms with Crippen molar-refractivity contribution in [2.24, 2.45) is 0 Å². The number of aryl methyl sites for hydroxylation is 2. The zero-order valence-electron chi connectivity index (χ0n) is 16.7. The molecule has 1 atom stereocenters. The van der Waals surface area contributed by atoms with E-state index in [-0.39, 0.29) is 5.91 Å². The molecule has 0 aliphatic heterocycles. The fraction of sp³-hybridized carbons (Fsp3) is 0.190. The minimum absolute atomic E-state index is 0.199. The largest absolute Gasteiger partial charge is 0.360 e. The molecule has 0 radical (unpaired) electrons. The molecule has 3 aromatic heterocycles. The van der Waals surface area contributed by atoms with Gasteiger partial charge < -0.3 is 9.84 Å². The summed E-state index contributed by atoms with van der Waals surface area (Å²) in [5, 5.41) is 15.5. The zero-order valence-corrected chi connectivity index (χ0v) is 17.6. The van der Waals surface area contributed by atoms with Crippen LogP contribution in [0.15, 0.2) is 64.5 Å². The molecule has 1 amide bonds. The minimum Gasteiger partial charge on any atom is -0.360 e. The summed E-state index contributed by atoms with van der Waals surface area (Å²) >= 11 is 1.32. The van der Waals surface area contributed by atoms with Gasteiger partial charge >= 0.3 is 0 Å². The number of thioether (sulfide) groups is 1. The summed E-state index contributed by atoms with van der Waals surface area (Å²) in [4.78, 5) is 16.8. The second kappa shape index (κ2) is 8.50. The maximum atomic E-state index is 12.6. The van der Waals surface area contributed by atoms with Crippen LogP contribution in [0.2, 0.25) is 0 Å². The van der Waals surface area contributed by atoms with E-state index in [9.17, 15) is 4.79 Å². The smallest absolute Gasteiger partial charge is 0.238 e. The Balaban J connectivity index is 1.67. The summed E-state index contributed by atoms with van der Waals surface area (Å²) in [6.07, 6.45) is 3.46. The van der Waals surface area contributed by atoms with Gasteiger partial charge in [-0.05, 0) is 44.5 Å². The van der Waals surface area contributed by atoms with Crippen LogP contribution in [0.1, 0.15) is 18.2 Å². The predicted molar refractivity (Wildman–Crippen MR) is 115 cm³/mol. The maximum Gasteiger partial charge on any atom is 0.238 e. The highest BCUT2D eigenvalue weighted by Crippen LogP contribution is 2.31. The van der Waals surface area contributed by atoms with Gasteiger partial charge in [0.1, 0.15) is 5.76 Å². The zero-order chi connectivity index (χ0) is 21.1. The van der Waals surface area contributed by atoms with Crippen molar-refractivity contribution in [2.75, 3.05) is 5.32 Å². The number of hydrogen-bond acceptors (Lipinski definition) is 7. The van der Waals surface area contributed by atoms with Crippen molar-refractivity contribution in [1.82, 2.24) is 24.9 Å². The molecule has 1 aromatic carbocycles. The normalized spacial score (nSPS) is 12.0. The number of carbonyl (C=O) groups is 1. The van der Waals surface area contributed by atoms with E-state index in [4.69, 9.17) is 4.52 Å². The summed E-state index contributed by atoms with van der Waals surface area (Å²) in [5.74, 6) is 1.49. The van der Waals surface area contributed by atoms with E-state index < -0.39 is 5.25 Å². The Morgan fingerprint density at radius 3 is 2.70 bits per heavy atom. The highest BCUT2D eigenvalue weighted by atomic mass is 32.2. The highest BCUT2D eigenvalue weighted by Gasteiger charge is 2.23. The molecule has 9 heteroatoms. The molecular formula is C21H20N6O2S. The molecule has 0 saturated carbocycles. The van der Waals surface area contributed by atoms with Gasteiger partial charge in [0, 0.05) is 24.0 Å². The number of rotatable bonds is 6. The molecule has 30 heavy (non-hydrogen) atoms. The van der Waals surface area contributed by atoms with Gasteiger partial charge in [-0.25, -0.2) is 0 Å². The second-order valence-corrected chi connectivity index (χ2v) is 8.05. The van der Waals surface area contributed by atoms with E-state index in [0.29, 0.717) is 22.6 Å². The van der Waals surface area contributed by atoms with Crippen molar-refractivity contribution in [3.8, 4) is 17.1 Å². The Morgan fingerprint density at radius 2 is 2.00 bits per heavy atom. The van der Waals surface area contributed by atoms with E-state index in [1.54, 1.807) is 25.4 Å². The summed E-state index contributed by atoms with van der Waals surface area (Å²) in [7, 11) is 0. The van der Waals surface area contributed by atoms with E-state index >= 15 is 0 Å². The van der Waals surface area contributed by atoms with Crippen molar-refractivity contribution in [3.63, 3.8) is 0 Å². The number of para-hydroxylation sites is 1. The van der Waals surface area contributed by atoms with Crippen LogP contribution in [0.3, 0.4) is 0 Å². The number of amides is 1. The molecule has 1 N–H and O–H groups in total. The average Bonchev–Trinajstić information content (AvgIpc) is 3.35. The number of aromatic nitrogens is 5. The van der Waals surface area contributed by atoms with Crippen molar-refractivity contribution in [3.05, 3.63) is 66.2 Å². The standard InChI is InChI=1S/C21H20N6O2S/c1-13-7-4-5-9-17(13)27-19(16-8-6-10-22-12-16)24-25-21(27)30-15(3)20(28)23-18-11-14(2)29-26-18/h4-12,15H,1-3H3,(H,23,26,28). The minimum atomic E-state index is -0.435. The van der Waals surface area contributed by atoms with Gasteiger partial charge in [-0.15, -0.1) is 10.2 Å². The van der Waals surface area contributed by atoms with Gasteiger partial charge in [0.05, 0.1) is 10.9 Å². The van der Waals surface area contributed by atoms with Crippen molar-refractivity contribution in [1.29, 1.82) is 0 Å². The van der Waals surface area contributed by atoms with Crippen LogP contribution in [0.4, 0.5) is 5.82 Å². The molecule has 4 aromatic rings.